The van der Waals surface area contributed by atoms with E-state index >= 15 is 0 Å². The fourth-order valence-electron chi connectivity index (χ4n) is 0.985. The summed E-state index contributed by atoms with van der Waals surface area (Å²) >= 11 is 7.31. The second-order valence-electron chi connectivity index (χ2n) is 2.81. The molecule has 0 aromatic carbocycles. The van der Waals surface area contributed by atoms with Crippen molar-refractivity contribution < 1.29 is 0 Å². The normalized spacial score (nSPS) is 10.8. The van der Waals surface area contributed by atoms with Crippen LogP contribution in [0.15, 0.2) is 28.9 Å². The van der Waals surface area contributed by atoms with Gasteiger partial charge in [0.2, 0.25) is 0 Å². The largest absolute Gasteiger partial charge is 0.393 e. The summed E-state index contributed by atoms with van der Waals surface area (Å²) in [6.07, 6.45) is 3.00. The maximum absolute atomic E-state index is 5.73. The Morgan fingerprint density at radius 3 is 3.12 bits per heavy atom. The SMILES string of the molecule is Nc1c(Cl)ncnc1NN=Cc1cccs1. The van der Waals surface area contributed by atoms with Gasteiger partial charge < -0.3 is 5.73 Å². The molecule has 82 valence electrons. The lowest BCUT2D eigenvalue weighted by atomic mass is 10.5. The maximum Gasteiger partial charge on any atom is 0.174 e. The molecule has 2 aromatic rings. The van der Waals surface area contributed by atoms with Gasteiger partial charge in [-0.3, -0.25) is 5.43 Å². The third-order valence-corrected chi connectivity index (χ3v) is 2.85. The van der Waals surface area contributed by atoms with Crippen molar-refractivity contribution in [3.05, 3.63) is 33.9 Å². The highest BCUT2D eigenvalue weighted by Gasteiger charge is 2.03. The van der Waals surface area contributed by atoms with Gasteiger partial charge in [0.25, 0.3) is 0 Å². The van der Waals surface area contributed by atoms with Crippen molar-refractivity contribution in [3.8, 4) is 0 Å². The van der Waals surface area contributed by atoms with Gasteiger partial charge >= 0.3 is 0 Å². The number of halogens is 1. The van der Waals surface area contributed by atoms with Crippen molar-refractivity contribution in [2.45, 2.75) is 0 Å². The van der Waals surface area contributed by atoms with Crippen molar-refractivity contribution in [2.75, 3.05) is 11.2 Å². The number of nitrogens with zero attached hydrogens (tertiary/aromatic N) is 3. The monoisotopic (exact) mass is 253 g/mol. The molecular formula is C9H8ClN5S. The van der Waals surface area contributed by atoms with Gasteiger partial charge in [0.15, 0.2) is 11.0 Å². The summed E-state index contributed by atoms with van der Waals surface area (Å²) in [5, 5.41) is 6.17. The zero-order chi connectivity index (χ0) is 11.4. The second-order valence-corrected chi connectivity index (χ2v) is 4.15. The number of aromatic nitrogens is 2. The van der Waals surface area contributed by atoms with E-state index in [0.29, 0.717) is 5.82 Å². The minimum absolute atomic E-state index is 0.212. The number of rotatable bonds is 3. The van der Waals surface area contributed by atoms with Gasteiger partial charge in [-0.1, -0.05) is 17.7 Å². The van der Waals surface area contributed by atoms with E-state index < -0.39 is 0 Å². The molecule has 2 heterocycles. The minimum atomic E-state index is 0.212. The fourth-order valence-corrected chi connectivity index (χ4v) is 1.70. The zero-order valence-corrected chi connectivity index (χ0v) is 9.66. The number of nitrogen functional groups attached to an aromatic ring is 1. The third kappa shape index (κ3) is 2.47. The number of nitrogens with two attached hydrogens (primary N) is 1. The quantitative estimate of drug-likeness (QED) is 0.500. The number of hydrazone groups is 1. The van der Waals surface area contributed by atoms with Gasteiger partial charge in [0.1, 0.15) is 12.0 Å². The van der Waals surface area contributed by atoms with E-state index in [2.05, 4.69) is 20.5 Å². The van der Waals surface area contributed by atoms with Crippen LogP contribution in [0.2, 0.25) is 5.15 Å². The first-order valence-electron chi connectivity index (χ1n) is 4.36. The van der Waals surface area contributed by atoms with Gasteiger partial charge in [-0.2, -0.15) is 5.10 Å². The molecule has 0 unspecified atom stereocenters. The lowest BCUT2D eigenvalue weighted by Crippen LogP contribution is -2.00. The van der Waals surface area contributed by atoms with Gasteiger partial charge in [-0.25, -0.2) is 9.97 Å². The number of anilines is 2. The lowest BCUT2D eigenvalue weighted by molar-refractivity contribution is 1.14. The molecule has 0 fully saturated rings. The Hall–Kier alpha value is -1.66. The predicted molar refractivity (Wildman–Crippen MR) is 67.0 cm³/mol. The predicted octanol–water partition coefficient (Wildman–Crippen LogP) is 2.22. The zero-order valence-electron chi connectivity index (χ0n) is 8.09. The molecule has 0 atom stereocenters. The number of hydrogen-bond donors (Lipinski definition) is 2. The summed E-state index contributed by atoms with van der Waals surface area (Å²) < 4.78 is 0. The summed E-state index contributed by atoms with van der Waals surface area (Å²) in [5.74, 6) is 0.396. The van der Waals surface area contributed by atoms with Crippen molar-refractivity contribution in [2.24, 2.45) is 5.10 Å². The van der Waals surface area contributed by atoms with Gasteiger partial charge in [0.05, 0.1) is 6.21 Å². The first kappa shape index (κ1) is 10.8. The molecule has 16 heavy (non-hydrogen) atoms. The van der Waals surface area contributed by atoms with Gasteiger partial charge in [-0.05, 0) is 11.4 Å². The lowest BCUT2D eigenvalue weighted by Gasteiger charge is -2.02. The van der Waals surface area contributed by atoms with E-state index in [-0.39, 0.29) is 10.8 Å². The van der Waals surface area contributed by atoms with Crippen LogP contribution in [0.4, 0.5) is 11.5 Å². The highest BCUT2D eigenvalue weighted by molar-refractivity contribution is 7.11. The highest BCUT2D eigenvalue weighted by Crippen LogP contribution is 2.21. The van der Waals surface area contributed by atoms with Crippen LogP contribution in [0.5, 0.6) is 0 Å². The average molecular weight is 254 g/mol. The topological polar surface area (TPSA) is 76.2 Å². The fraction of sp³-hybridized carbons (Fsp3) is 0. The minimum Gasteiger partial charge on any atom is -0.393 e. The van der Waals surface area contributed by atoms with Crippen LogP contribution in [-0.4, -0.2) is 16.2 Å². The molecule has 0 aliphatic carbocycles. The number of hydrogen-bond acceptors (Lipinski definition) is 6. The Balaban J connectivity index is 2.08. The number of nitrogens with one attached hydrogen (secondary N) is 1. The smallest absolute Gasteiger partial charge is 0.174 e. The molecule has 7 heteroatoms. The van der Waals surface area contributed by atoms with Crippen molar-refractivity contribution >= 4 is 40.7 Å². The molecule has 5 nitrogen and oxygen atoms in total. The van der Waals surface area contributed by atoms with Crippen LogP contribution in [0.1, 0.15) is 4.88 Å². The average Bonchev–Trinajstić information content (AvgIpc) is 2.77. The van der Waals surface area contributed by atoms with E-state index in [4.69, 9.17) is 17.3 Å². The Kier molecular flexibility index (Phi) is 3.33. The molecule has 2 aromatic heterocycles. The summed E-state index contributed by atoms with van der Waals surface area (Å²) in [4.78, 5) is 8.69. The standard InChI is InChI=1S/C9H8ClN5S/c10-8-7(11)9(13-5-12-8)15-14-4-6-2-1-3-16-6/h1-5H,11H2,(H,12,13,15). The van der Waals surface area contributed by atoms with Crippen LogP contribution in [-0.2, 0) is 0 Å². The summed E-state index contributed by atoms with van der Waals surface area (Å²) in [5.41, 5.74) is 8.64. The van der Waals surface area contributed by atoms with E-state index in [1.54, 1.807) is 17.6 Å². The summed E-state index contributed by atoms with van der Waals surface area (Å²) in [7, 11) is 0. The summed E-state index contributed by atoms with van der Waals surface area (Å²) in [6.45, 7) is 0. The van der Waals surface area contributed by atoms with E-state index in [0.717, 1.165) is 4.88 Å². The highest BCUT2D eigenvalue weighted by atomic mass is 35.5. The molecule has 0 aliphatic heterocycles. The molecule has 0 amide bonds. The molecule has 0 radical (unpaired) electrons. The molecular weight excluding hydrogens is 246 g/mol. The van der Waals surface area contributed by atoms with Crippen LogP contribution in [0.25, 0.3) is 0 Å². The van der Waals surface area contributed by atoms with Crippen LogP contribution >= 0.6 is 22.9 Å². The second kappa shape index (κ2) is 4.91. The Morgan fingerprint density at radius 2 is 2.38 bits per heavy atom. The molecule has 3 N–H and O–H groups in total. The molecule has 0 aliphatic rings. The van der Waals surface area contributed by atoms with Gasteiger partial charge in [-0.15, -0.1) is 11.3 Å². The summed E-state index contributed by atoms with van der Waals surface area (Å²) in [6, 6.07) is 3.90. The van der Waals surface area contributed by atoms with E-state index in [9.17, 15) is 0 Å². The Morgan fingerprint density at radius 1 is 1.50 bits per heavy atom. The Bertz CT molecular complexity index is 497. The molecule has 0 saturated heterocycles. The number of thiophene rings is 1. The first-order valence-corrected chi connectivity index (χ1v) is 5.61. The van der Waals surface area contributed by atoms with Crippen molar-refractivity contribution in [3.63, 3.8) is 0 Å². The third-order valence-electron chi connectivity index (χ3n) is 1.74. The molecule has 0 spiro atoms. The van der Waals surface area contributed by atoms with E-state index in [1.165, 1.54) is 6.33 Å². The molecule has 0 bridgehead atoms. The van der Waals surface area contributed by atoms with Crippen LogP contribution in [0.3, 0.4) is 0 Å². The van der Waals surface area contributed by atoms with E-state index in [1.807, 2.05) is 17.5 Å². The molecule has 0 saturated carbocycles. The van der Waals surface area contributed by atoms with Crippen molar-refractivity contribution in [1.29, 1.82) is 0 Å². The Labute approximate surface area is 101 Å². The van der Waals surface area contributed by atoms with Gasteiger partial charge in [0, 0.05) is 4.88 Å². The van der Waals surface area contributed by atoms with Crippen LogP contribution in [0, 0.1) is 0 Å². The van der Waals surface area contributed by atoms with Crippen molar-refractivity contribution in [1.82, 2.24) is 9.97 Å². The van der Waals surface area contributed by atoms with Crippen LogP contribution < -0.4 is 11.2 Å². The molecule has 2 rings (SSSR count). The first-order chi connectivity index (χ1) is 7.77. The maximum atomic E-state index is 5.73.